The Bertz CT molecular complexity index is 861. The van der Waals surface area contributed by atoms with Gasteiger partial charge in [0, 0.05) is 29.9 Å². The summed E-state index contributed by atoms with van der Waals surface area (Å²) in [4.78, 5) is 15.8. The highest BCUT2D eigenvalue weighted by Gasteiger charge is 2.16. The third kappa shape index (κ3) is 4.46. The second-order valence-electron chi connectivity index (χ2n) is 4.60. The van der Waals surface area contributed by atoms with E-state index in [2.05, 4.69) is 27.9 Å². The van der Waals surface area contributed by atoms with E-state index in [-0.39, 0.29) is 5.91 Å². The number of hydrazone groups is 1. The molecule has 0 unspecified atom stereocenters. The number of pyridine rings is 1. The number of nitrogens with one attached hydrogen (secondary N) is 1. The molecule has 0 aliphatic carbocycles. The monoisotopic (exact) mass is 319 g/mol. The lowest BCUT2D eigenvalue weighted by Gasteiger charge is -2.18. The summed E-state index contributed by atoms with van der Waals surface area (Å²) in [6.45, 7) is 0.570. The predicted octanol–water partition coefficient (Wildman–Crippen LogP) is 2.25. The summed E-state index contributed by atoms with van der Waals surface area (Å²) < 4.78 is 11.6. The Morgan fingerprint density at radius 3 is 2.79 bits per heavy atom. The topological polar surface area (TPSA) is 63.6 Å². The number of para-hydroxylation sites is 1. The van der Waals surface area contributed by atoms with Crippen LogP contribution in [0.1, 0.15) is 23.7 Å². The van der Waals surface area contributed by atoms with E-state index in [1.165, 1.54) is 0 Å². The molecule has 1 aromatic heterocycles. The summed E-state index contributed by atoms with van der Waals surface area (Å²) in [6.07, 6.45) is 10.2. The summed E-state index contributed by atoms with van der Waals surface area (Å²) in [5.74, 6) is 4.58. The first-order valence-corrected chi connectivity index (χ1v) is 7.12. The summed E-state index contributed by atoms with van der Waals surface area (Å²) in [6, 6.07) is 11.0. The molecule has 0 saturated carbocycles. The number of hydrogen-bond donors (Lipinski definition) is 1. The molecule has 0 fully saturated rings. The zero-order valence-electron chi connectivity index (χ0n) is 13.8. The lowest BCUT2D eigenvalue weighted by molar-refractivity contribution is 0.0954. The molecule has 0 radical (unpaired) electrons. The highest BCUT2D eigenvalue weighted by atomic mass is 16.5. The van der Waals surface area contributed by atoms with E-state index in [0.29, 0.717) is 18.6 Å². The molecule has 3 rings (SSSR count). The average Bonchev–Trinajstić information content (AvgIpc) is 2.68. The number of nitrogens with zero attached hydrogens (tertiary/aromatic N) is 2. The van der Waals surface area contributed by atoms with Gasteiger partial charge in [0.1, 0.15) is 7.12 Å². The van der Waals surface area contributed by atoms with Crippen molar-refractivity contribution in [3.05, 3.63) is 59.9 Å². The van der Waals surface area contributed by atoms with Crippen LogP contribution in [0, 0.1) is 24.7 Å². The molecule has 2 aromatic rings. The maximum absolute atomic E-state index is 11.9. The van der Waals surface area contributed by atoms with Gasteiger partial charge in [-0.3, -0.25) is 9.78 Å². The SMILES string of the molecule is O=C(N/N=C1\CCOc2ccccc21)c1ccncc1.[3H]C#CC#C. The molecule has 5 nitrogen and oxygen atoms in total. The third-order valence-corrected chi connectivity index (χ3v) is 3.10. The Labute approximate surface area is 142 Å². The molecule has 0 saturated heterocycles. The standard InChI is InChI=1S/C15H13N3O2.C4H2/c19-15(11-5-8-16-9-6-11)18-17-13-7-10-20-14-4-2-1-3-12(13)14;1-3-4-2/h1-6,8-9H,7,10H2,(H,18,19);1-2H/b17-13+;/i;1T. The molecule has 0 spiro atoms. The van der Waals surface area contributed by atoms with Crippen LogP contribution in [0.25, 0.3) is 0 Å². The van der Waals surface area contributed by atoms with Gasteiger partial charge in [0.25, 0.3) is 5.91 Å². The van der Waals surface area contributed by atoms with E-state index in [1.807, 2.05) is 30.2 Å². The molecule has 2 heterocycles. The van der Waals surface area contributed by atoms with Gasteiger partial charge in [-0.15, -0.1) is 12.8 Å². The summed E-state index contributed by atoms with van der Waals surface area (Å²) in [5.41, 5.74) is 4.86. The van der Waals surface area contributed by atoms with Crippen molar-refractivity contribution >= 4 is 11.6 Å². The molecule has 118 valence electrons. The van der Waals surface area contributed by atoms with E-state index in [0.717, 1.165) is 17.0 Å². The minimum atomic E-state index is -0.246. The van der Waals surface area contributed by atoms with Gasteiger partial charge < -0.3 is 4.74 Å². The van der Waals surface area contributed by atoms with Crippen molar-refractivity contribution in [2.75, 3.05) is 6.61 Å². The summed E-state index contributed by atoms with van der Waals surface area (Å²) in [7, 11) is 0. The highest BCUT2D eigenvalue weighted by molar-refractivity contribution is 6.04. The maximum atomic E-state index is 11.9. The maximum Gasteiger partial charge on any atom is 0.271 e. The molecule has 0 atom stereocenters. The Morgan fingerprint density at radius 2 is 2.08 bits per heavy atom. The van der Waals surface area contributed by atoms with Crippen LogP contribution in [0.4, 0.5) is 0 Å². The first-order chi connectivity index (χ1) is 12.3. The van der Waals surface area contributed by atoms with Gasteiger partial charge in [-0.05, 0) is 36.1 Å². The van der Waals surface area contributed by atoms with Crippen molar-refractivity contribution in [1.82, 2.24) is 10.4 Å². The van der Waals surface area contributed by atoms with Gasteiger partial charge in [-0.25, -0.2) is 5.43 Å². The smallest absolute Gasteiger partial charge is 0.271 e. The minimum Gasteiger partial charge on any atom is -0.492 e. The van der Waals surface area contributed by atoms with E-state index < -0.39 is 0 Å². The Kier molecular flexibility index (Phi) is 5.60. The van der Waals surface area contributed by atoms with Gasteiger partial charge in [0.2, 0.25) is 0 Å². The zero-order valence-corrected chi connectivity index (χ0v) is 12.8. The van der Waals surface area contributed by atoms with Crippen molar-refractivity contribution in [3.8, 4) is 30.4 Å². The normalized spacial score (nSPS) is 13.5. The van der Waals surface area contributed by atoms with Gasteiger partial charge in [0.15, 0.2) is 0 Å². The Hall–Kier alpha value is -3.57. The fraction of sp³-hybridized carbons (Fsp3) is 0.105. The molecule has 1 aliphatic rings. The minimum absolute atomic E-state index is 0.246. The van der Waals surface area contributed by atoms with Crippen LogP contribution in [0.2, 0.25) is 0 Å². The molecular weight excluding hydrogens is 302 g/mol. The first-order valence-electron chi connectivity index (χ1n) is 7.62. The fourth-order valence-electron chi connectivity index (χ4n) is 2.03. The molecule has 24 heavy (non-hydrogen) atoms. The fourth-order valence-corrected chi connectivity index (χ4v) is 2.03. The second kappa shape index (κ2) is 8.77. The van der Waals surface area contributed by atoms with E-state index in [4.69, 9.17) is 6.11 Å². The van der Waals surface area contributed by atoms with Crippen LogP contribution < -0.4 is 10.2 Å². The number of aromatic nitrogens is 1. The van der Waals surface area contributed by atoms with Crippen LogP contribution in [-0.4, -0.2) is 23.2 Å². The third-order valence-electron chi connectivity index (χ3n) is 3.10. The van der Waals surface area contributed by atoms with Crippen molar-refractivity contribution < 1.29 is 10.9 Å². The lowest BCUT2D eigenvalue weighted by atomic mass is 10.0. The van der Waals surface area contributed by atoms with Gasteiger partial charge in [-0.1, -0.05) is 12.1 Å². The van der Waals surface area contributed by atoms with E-state index in [9.17, 15) is 4.79 Å². The van der Waals surface area contributed by atoms with Gasteiger partial charge >= 0.3 is 0 Å². The molecule has 1 aliphatic heterocycles. The largest absolute Gasteiger partial charge is 0.492 e. The average molecular weight is 319 g/mol. The quantitative estimate of drug-likeness (QED) is 0.682. The number of carbonyl (C=O) groups is 1. The lowest BCUT2D eigenvalue weighted by Crippen LogP contribution is -2.23. The van der Waals surface area contributed by atoms with Crippen LogP contribution in [-0.2, 0) is 0 Å². The summed E-state index contributed by atoms with van der Waals surface area (Å²) >= 11 is 0. The predicted molar refractivity (Wildman–Crippen MR) is 92.5 cm³/mol. The summed E-state index contributed by atoms with van der Waals surface area (Å²) in [5, 5.41) is 4.22. The van der Waals surface area contributed by atoms with Crippen molar-refractivity contribution in [2.24, 2.45) is 5.10 Å². The zero-order chi connectivity index (χ0) is 17.9. The molecule has 5 heteroatoms. The number of terminal acetylenes is 2. The van der Waals surface area contributed by atoms with E-state index in [1.54, 1.807) is 30.9 Å². The number of amides is 1. The molecule has 1 aromatic carbocycles. The number of benzene rings is 1. The van der Waals surface area contributed by atoms with Crippen LogP contribution in [0.5, 0.6) is 5.75 Å². The Morgan fingerprint density at radius 1 is 1.29 bits per heavy atom. The molecule has 1 amide bonds. The van der Waals surface area contributed by atoms with E-state index >= 15 is 0 Å². The van der Waals surface area contributed by atoms with Crippen LogP contribution in [0.15, 0.2) is 53.9 Å². The second-order valence-corrected chi connectivity index (χ2v) is 4.60. The van der Waals surface area contributed by atoms with Crippen molar-refractivity contribution in [1.29, 1.82) is 0 Å². The van der Waals surface area contributed by atoms with Gasteiger partial charge in [-0.2, -0.15) is 5.10 Å². The van der Waals surface area contributed by atoms with Crippen LogP contribution >= 0.6 is 0 Å². The van der Waals surface area contributed by atoms with Crippen LogP contribution in [0.3, 0.4) is 0 Å². The number of rotatable bonds is 2. The Balaban J connectivity index is 0.000000399. The van der Waals surface area contributed by atoms with Crippen molar-refractivity contribution in [3.63, 3.8) is 0 Å². The molecule has 1 N–H and O–H groups in total. The number of hydrogen-bond acceptors (Lipinski definition) is 4. The number of carbonyl (C=O) groups excluding carboxylic acids is 1. The number of ether oxygens (including phenoxy) is 1. The highest BCUT2D eigenvalue weighted by Crippen LogP contribution is 2.24. The molecule has 0 bridgehead atoms. The van der Waals surface area contributed by atoms with Crippen molar-refractivity contribution in [2.45, 2.75) is 6.42 Å². The first kappa shape index (κ1) is 15.3. The van der Waals surface area contributed by atoms with Gasteiger partial charge in [0.05, 0.1) is 12.3 Å². The molecular formula is C19H15N3O2. The number of fused-ring (bicyclic) bond motifs is 1.